The quantitative estimate of drug-likeness (QED) is 0.845. The van der Waals surface area contributed by atoms with Crippen molar-refractivity contribution < 1.29 is 9.53 Å². The van der Waals surface area contributed by atoms with Crippen molar-refractivity contribution in [3.05, 3.63) is 58.6 Å². The van der Waals surface area contributed by atoms with Crippen molar-refractivity contribution in [2.75, 3.05) is 18.1 Å². The van der Waals surface area contributed by atoms with E-state index in [1.54, 1.807) is 0 Å². The molecule has 0 saturated heterocycles. The van der Waals surface area contributed by atoms with Gasteiger partial charge in [-0.1, -0.05) is 29.8 Å². The van der Waals surface area contributed by atoms with Gasteiger partial charge in [-0.15, -0.1) is 0 Å². The molecule has 1 atom stereocenters. The molecular weight excluding hydrogens is 324 g/mol. The third-order valence-electron chi connectivity index (χ3n) is 4.20. The molecule has 2 amide bonds. The number of rotatable bonds is 4. The van der Waals surface area contributed by atoms with Crippen LogP contribution >= 0.6 is 11.6 Å². The number of hydrogen-bond acceptors (Lipinski definition) is 2. The topological polar surface area (TPSA) is 41.6 Å². The zero-order valence-corrected chi connectivity index (χ0v) is 14.6. The summed E-state index contributed by atoms with van der Waals surface area (Å²) in [5.41, 5.74) is 3.19. The number of benzene rings is 2. The lowest BCUT2D eigenvalue weighted by Crippen LogP contribution is -2.44. The predicted octanol–water partition coefficient (Wildman–Crippen LogP) is 4.19. The largest absolute Gasteiger partial charge is 0.492 e. The van der Waals surface area contributed by atoms with E-state index in [4.69, 9.17) is 16.3 Å². The van der Waals surface area contributed by atoms with E-state index in [1.807, 2.05) is 48.2 Å². The van der Waals surface area contributed by atoms with Crippen molar-refractivity contribution in [1.29, 1.82) is 0 Å². The zero-order chi connectivity index (χ0) is 17.1. The number of carbonyl (C=O) groups excluding carboxylic acids is 1. The summed E-state index contributed by atoms with van der Waals surface area (Å²) in [6.45, 7) is 4.86. The first-order valence-corrected chi connectivity index (χ1v) is 8.48. The fourth-order valence-electron chi connectivity index (χ4n) is 2.99. The minimum absolute atomic E-state index is 0.0802. The second kappa shape index (κ2) is 7.14. The summed E-state index contributed by atoms with van der Waals surface area (Å²) in [5.74, 6) is 0.756. The van der Waals surface area contributed by atoms with E-state index >= 15 is 0 Å². The van der Waals surface area contributed by atoms with Gasteiger partial charge < -0.3 is 10.1 Å². The van der Waals surface area contributed by atoms with Crippen LogP contribution in [-0.2, 0) is 6.42 Å². The van der Waals surface area contributed by atoms with Crippen LogP contribution in [0.4, 0.5) is 10.5 Å². The number of halogens is 1. The second-order valence-corrected chi connectivity index (χ2v) is 6.45. The van der Waals surface area contributed by atoms with E-state index in [0.29, 0.717) is 13.2 Å². The van der Waals surface area contributed by atoms with Gasteiger partial charge in [0.2, 0.25) is 0 Å². The molecule has 126 valence electrons. The second-order valence-electron chi connectivity index (χ2n) is 6.04. The Morgan fingerprint density at radius 1 is 1.33 bits per heavy atom. The maximum atomic E-state index is 12.5. The number of nitrogens with one attached hydrogen (secondary N) is 1. The summed E-state index contributed by atoms with van der Waals surface area (Å²) in [5, 5.41) is 3.65. The Balaban J connectivity index is 1.52. The number of fused-ring (bicyclic) bond motifs is 1. The average molecular weight is 345 g/mol. The van der Waals surface area contributed by atoms with Crippen molar-refractivity contribution in [1.82, 2.24) is 5.32 Å². The van der Waals surface area contributed by atoms with Crippen LogP contribution in [-0.4, -0.2) is 25.2 Å². The van der Waals surface area contributed by atoms with Crippen LogP contribution in [0.15, 0.2) is 42.5 Å². The molecule has 1 aliphatic heterocycles. The molecule has 1 unspecified atom stereocenters. The molecule has 0 aliphatic carbocycles. The summed E-state index contributed by atoms with van der Waals surface area (Å²) in [7, 11) is 0. The number of anilines is 1. The Labute approximate surface area is 147 Å². The molecule has 0 fully saturated rings. The van der Waals surface area contributed by atoms with Crippen LogP contribution in [0.25, 0.3) is 0 Å². The number of aryl methyl sites for hydroxylation is 1. The first-order valence-electron chi connectivity index (χ1n) is 8.10. The minimum atomic E-state index is -0.0802. The van der Waals surface area contributed by atoms with Crippen molar-refractivity contribution in [2.45, 2.75) is 26.3 Å². The molecular formula is C19H21ClN2O2. The Bertz CT molecular complexity index is 748. The van der Waals surface area contributed by atoms with Crippen LogP contribution in [0.2, 0.25) is 5.02 Å². The summed E-state index contributed by atoms with van der Waals surface area (Å²) in [6, 6.07) is 13.7. The SMILES string of the molecule is Cc1cc(OCCNC(=O)N2c3ccccc3CC2C)ccc1Cl. The first-order chi connectivity index (χ1) is 11.6. The molecule has 0 bridgehead atoms. The Hall–Kier alpha value is -2.20. The van der Waals surface area contributed by atoms with E-state index in [-0.39, 0.29) is 12.1 Å². The maximum Gasteiger partial charge on any atom is 0.322 e. The lowest BCUT2D eigenvalue weighted by Gasteiger charge is -2.23. The molecule has 4 nitrogen and oxygen atoms in total. The first kappa shape index (κ1) is 16.7. The summed E-state index contributed by atoms with van der Waals surface area (Å²) >= 11 is 5.99. The van der Waals surface area contributed by atoms with Gasteiger partial charge in [-0.05, 0) is 55.7 Å². The van der Waals surface area contributed by atoms with Gasteiger partial charge in [-0.25, -0.2) is 4.79 Å². The van der Waals surface area contributed by atoms with Crippen molar-refractivity contribution in [2.24, 2.45) is 0 Å². The Morgan fingerprint density at radius 3 is 2.92 bits per heavy atom. The van der Waals surface area contributed by atoms with Crippen LogP contribution in [0.3, 0.4) is 0 Å². The van der Waals surface area contributed by atoms with E-state index in [9.17, 15) is 4.79 Å². The van der Waals surface area contributed by atoms with E-state index in [0.717, 1.165) is 28.4 Å². The van der Waals surface area contributed by atoms with Gasteiger partial charge in [-0.2, -0.15) is 0 Å². The molecule has 1 aliphatic rings. The number of urea groups is 1. The number of hydrogen-bond donors (Lipinski definition) is 1. The number of amides is 2. The highest BCUT2D eigenvalue weighted by Crippen LogP contribution is 2.31. The van der Waals surface area contributed by atoms with Gasteiger partial charge in [0.15, 0.2) is 0 Å². The van der Waals surface area contributed by atoms with Crippen molar-refractivity contribution in [3.63, 3.8) is 0 Å². The van der Waals surface area contributed by atoms with Crippen LogP contribution < -0.4 is 15.0 Å². The van der Waals surface area contributed by atoms with Gasteiger partial charge in [0.05, 0.1) is 6.54 Å². The molecule has 0 saturated carbocycles. The molecule has 0 radical (unpaired) electrons. The summed E-state index contributed by atoms with van der Waals surface area (Å²) < 4.78 is 5.66. The summed E-state index contributed by atoms with van der Waals surface area (Å²) in [6.07, 6.45) is 0.893. The van der Waals surface area contributed by atoms with Gasteiger partial charge >= 0.3 is 6.03 Å². The van der Waals surface area contributed by atoms with Gasteiger partial charge in [-0.3, -0.25) is 4.90 Å². The highest BCUT2D eigenvalue weighted by atomic mass is 35.5. The van der Waals surface area contributed by atoms with Crippen LogP contribution in [0, 0.1) is 6.92 Å². The third kappa shape index (κ3) is 3.49. The van der Waals surface area contributed by atoms with Gasteiger partial charge in [0.25, 0.3) is 0 Å². The van der Waals surface area contributed by atoms with Gasteiger partial charge in [0, 0.05) is 16.8 Å². The van der Waals surface area contributed by atoms with Crippen molar-refractivity contribution in [3.8, 4) is 5.75 Å². The summed E-state index contributed by atoms with van der Waals surface area (Å²) in [4.78, 5) is 14.3. The number of ether oxygens (including phenoxy) is 1. The van der Waals surface area contributed by atoms with E-state index < -0.39 is 0 Å². The highest BCUT2D eigenvalue weighted by Gasteiger charge is 2.30. The maximum absolute atomic E-state index is 12.5. The predicted molar refractivity (Wildman–Crippen MR) is 97.2 cm³/mol. The Kier molecular flexibility index (Phi) is 4.95. The molecule has 1 heterocycles. The number of nitrogens with zero attached hydrogens (tertiary/aromatic N) is 1. The fraction of sp³-hybridized carbons (Fsp3) is 0.316. The number of para-hydroxylation sites is 1. The molecule has 3 rings (SSSR count). The van der Waals surface area contributed by atoms with E-state index in [2.05, 4.69) is 18.3 Å². The molecule has 5 heteroatoms. The average Bonchev–Trinajstić information content (AvgIpc) is 2.90. The normalized spacial score (nSPS) is 16.0. The van der Waals surface area contributed by atoms with Crippen LogP contribution in [0.1, 0.15) is 18.1 Å². The molecule has 0 aromatic heterocycles. The monoisotopic (exact) mass is 344 g/mol. The fourth-order valence-corrected chi connectivity index (χ4v) is 3.11. The smallest absolute Gasteiger partial charge is 0.322 e. The van der Waals surface area contributed by atoms with Crippen molar-refractivity contribution >= 4 is 23.3 Å². The molecule has 0 spiro atoms. The van der Waals surface area contributed by atoms with Crippen LogP contribution in [0.5, 0.6) is 5.75 Å². The minimum Gasteiger partial charge on any atom is -0.492 e. The van der Waals surface area contributed by atoms with Gasteiger partial charge in [0.1, 0.15) is 12.4 Å². The van der Waals surface area contributed by atoms with E-state index in [1.165, 1.54) is 5.56 Å². The molecule has 2 aromatic rings. The third-order valence-corrected chi connectivity index (χ3v) is 4.63. The lowest BCUT2D eigenvalue weighted by molar-refractivity contribution is 0.240. The number of carbonyl (C=O) groups is 1. The highest BCUT2D eigenvalue weighted by molar-refractivity contribution is 6.31. The Morgan fingerprint density at radius 2 is 2.12 bits per heavy atom. The molecule has 24 heavy (non-hydrogen) atoms. The molecule has 1 N–H and O–H groups in total. The zero-order valence-electron chi connectivity index (χ0n) is 13.9. The standard InChI is InChI=1S/C19H21ClN2O2/c1-13-11-16(7-8-17(13)20)24-10-9-21-19(23)22-14(2)12-15-5-3-4-6-18(15)22/h3-8,11,14H,9-10,12H2,1-2H3,(H,21,23). The lowest BCUT2D eigenvalue weighted by atomic mass is 10.1. The molecule has 2 aromatic carbocycles.